The van der Waals surface area contributed by atoms with Gasteiger partial charge in [0.05, 0.1) is 23.9 Å². The molecule has 204 valence electrons. The number of hydrogen-bond acceptors (Lipinski definition) is 5. The summed E-state index contributed by atoms with van der Waals surface area (Å²) in [6, 6.07) is 23.7. The molecule has 0 spiro atoms. The molecule has 10 heteroatoms. The first kappa shape index (κ1) is 27.9. The number of alkyl halides is 3. The van der Waals surface area contributed by atoms with Gasteiger partial charge in [-0.3, -0.25) is 9.59 Å². The van der Waals surface area contributed by atoms with Gasteiger partial charge >= 0.3 is 12.1 Å². The third-order valence-electron chi connectivity index (χ3n) is 5.79. The normalized spacial score (nSPS) is 10.9. The Morgan fingerprint density at radius 1 is 0.775 bits per heavy atom. The molecule has 0 saturated carbocycles. The second kappa shape index (κ2) is 12.2. The van der Waals surface area contributed by atoms with Crippen molar-refractivity contribution in [1.29, 1.82) is 0 Å². The molecule has 4 aromatic rings. The van der Waals surface area contributed by atoms with Gasteiger partial charge in [-0.05, 0) is 65.7 Å². The standard InChI is InChI=1S/C30H23F3N2O5/c1-39-26-9-5-4-8-25(26)35-28(37)20-12-16-22(17-13-20)34-27(36)18-40-29(38)24-7-3-2-6-23(24)19-10-14-21(15-11-19)30(31,32)33/h2-17H,18H2,1H3,(H,34,36)(H,35,37). The number of carbonyl (C=O) groups is 3. The van der Waals surface area contributed by atoms with E-state index >= 15 is 0 Å². The molecule has 2 N–H and O–H groups in total. The molecule has 0 fully saturated rings. The number of ether oxygens (including phenoxy) is 2. The van der Waals surface area contributed by atoms with Crippen molar-refractivity contribution >= 4 is 29.2 Å². The molecule has 0 aliphatic rings. The molecule has 4 aromatic carbocycles. The van der Waals surface area contributed by atoms with E-state index in [0.717, 1.165) is 12.1 Å². The number of esters is 1. The minimum absolute atomic E-state index is 0.0977. The SMILES string of the molecule is COc1ccccc1NC(=O)c1ccc(NC(=O)COC(=O)c2ccccc2-c2ccc(C(F)(F)F)cc2)cc1. The maximum absolute atomic E-state index is 12.9. The smallest absolute Gasteiger partial charge is 0.416 e. The second-order valence-corrected chi connectivity index (χ2v) is 8.48. The number of amides is 2. The summed E-state index contributed by atoms with van der Waals surface area (Å²) in [4.78, 5) is 37.6. The fourth-order valence-electron chi connectivity index (χ4n) is 3.80. The number of carbonyl (C=O) groups excluding carboxylic acids is 3. The summed E-state index contributed by atoms with van der Waals surface area (Å²) in [5, 5.41) is 5.33. The summed E-state index contributed by atoms with van der Waals surface area (Å²) in [6.45, 7) is -0.601. The Hall–Kier alpha value is -5.12. The summed E-state index contributed by atoms with van der Waals surface area (Å²) in [5.74, 6) is -1.29. The molecule has 2 amide bonds. The van der Waals surface area contributed by atoms with Crippen LogP contribution < -0.4 is 15.4 Å². The van der Waals surface area contributed by atoms with E-state index in [1.54, 1.807) is 42.5 Å². The lowest BCUT2D eigenvalue weighted by atomic mass is 9.98. The fourth-order valence-corrected chi connectivity index (χ4v) is 3.80. The van der Waals surface area contributed by atoms with Gasteiger partial charge in [-0.15, -0.1) is 0 Å². The van der Waals surface area contributed by atoms with Crippen LogP contribution in [0.25, 0.3) is 11.1 Å². The van der Waals surface area contributed by atoms with Crippen LogP contribution in [0.2, 0.25) is 0 Å². The van der Waals surface area contributed by atoms with Crippen molar-refractivity contribution < 1.29 is 37.0 Å². The van der Waals surface area contributed by atoms with Crippen molar-refractivity contribution in [3.8, 4) is 16.9 Å². The summed E-state index contributed by atoms with van der Waals surface area (Å²) >= 11 is 0. The predicted molar refractivity (Wildman–Crippen MR) is 143 cm³/mol. The molecule has 0 atom stereocenters. The van der Waals surface area contributed by atoms with E-state index in [4.69, 9.17) is 9.47 Å². The zero-order chi connectivity index (χ0) is 28.7. The van der Waals surface area contributed by atoms with Gasteiger partial charge in [0.1, 0.15) is 5.75 Å². The van der Waals surface area contributed by atoms with Crippen LogP contribution >= 0.6 is 0 Å². The lowest BCUT2D eigenvalue weighted by Gasteiger charge is -2.12. The van der Waals surface area contributed by atoms with Gasteiger partial charge in [0, 0.05) is 11.3 Å². The van der Waals surface area contributed by atoms with Gasteiger partial charge in [0.2, 0.25) is 0 Å². The molecule has 7 nitrogen and oxygen atoms in total. The molecule has 4 rings (SSSR count). The average Bonchev–Trinajstić information content (AvgIpc) is 2.96. The van der Waals surface area contributed by atoms with E-state index in [2.05, 4.69) is 10.6 Å². The molecular formula is C30H23F3N2O5. The molecule has 0 unspecified atom stereocenters. The van der Waals surface area contributed by atoms with E-state index in [1.807, 2.05) is 0 Å². The lowest BCUT2D eigenvalue weighted by molar-refractivity contribution is -0.137. The first-order valence-electron chi connectivity index (χ1n) is 11.9. The Kier molecular flexibility index (Phi) is 8.48. The topological polar surface area (TPSA) is 93.7 Å². The molecule has 0 radical (unpaired) electrons. The molecule has 0 saturated heterocycles. The number of hydrogen-bond donors (Lipinski definition) is 2. The number of para-hydroxylation sites is 2. The summed E-state index contributed by atoms with van der Waals surface area (Å²) < 4.78 is 49.0. The number of nitrogens with one attached hydrogen (secondary N) is 2. The van der Waals surface area contributed by atoms with Crippen LogP contribution in [-0.2, 0) is 15.7 Å². The number of rotatable bonds is 8. The van der Waals surface area contributed by atoms with E-state index in [0.29, 0.717) is 33.8 Å². The molecular weight excluding hydrogens is 525 g/mol. The predicted octanol–water partition coefficient (Wildman–Crippen LogP) is 6.43. The van der Waals surface area contributed by atoms with Gasteiger partial charge < -0.3 is 20.1 Å². The van der Waals surface area contributed by atoms with Gasteiger partial charge in [0.25, 0.3) is 11.8 Å². The van der Waals surface area contributed by atoms with Crippen LogP contribution in [0, 0.1) is 0 Å². The van der Waals surface area contributed by atoms with E-state index < -0.39 is 30.2 Å². The van der Waals surface area contributed by atoms with Crippen LogP contribution in [0.5, 0.6) is 5.75 Å². The molecule has 0 bridgehead atoms. The number of anilines is 2. The summed E-state index contributed by atoms with van der Waals surface area (Å²) in [7, 11) is 1.50. The summed E-state index contributed by atoms with van der Waals surface area (Å²) in [6.07, 6.45) is -4.48. The van der Waals surface area contributed by atoms with Gasteiger partial charge in [0.15, 0.2) is 6.61 Å². The van der Waals surface area contributed by atoms with Crippen molar-refractivity contribution in [2.24, 2.45) is 0 Å². The van der Waals surface area contributed by atoms with E-state index in [-0.39, 0.29) is 11.5 Å². The highest BCUT2D eigenvalue weighted by Crippen LogP contribution is 2.32. The Bertz CT molecular complexity index is 1520. The van der Waals surface area contributed by atoms with Crippen LogP contribution in [-0.4, -0.2) is 31.5 Å². The molecule has 40 heavy (non-hydrogen) atoms. The molecule has 0 aliphatic heterocycles. The van der Waals surface area contributed by atoms with Crippen LogP contribution in [0.15, 0.2) is 97.1 Å². The zero-order valence-electron chi connectivity index (χ0n) is 21.1. The Morgan fingerprint density at radius 3 is 2.10 bits per heavy atom. The first-order valence-corrected chi connectivity index (χ1v) is 11.9. The van der Waals surface area contributed by atoms with Crippen LogP contribution in [0.1, 0.15) is 26.3 Å². The fraction of sp³-hybridized carbons (Fsp3) is 0.100. The third-order valence-corrected chi connectivity index (χ3v) is 5.79. The largest absolute Gasteiger partial charge is 0.495 e. The van der Waals surface area contributed by atoms with Gasteiger partial charge in [-0.25, -0.2) is 4.79 Å². The van der Waals surface area contributed by atoms with Crippen molar-refractivity contribution in [1.82, 2.24) is 0 Å². The average molecular weight is 549 g/mol. The Balaban J connectivity index is 1.34. The quantitative estimate of drug-likeness (QED) is 0.248. The highest BCUT2D eigenvalue weighted by Gasteiger charge is 2.30. The minimum atomic E-state index is -4.48. The molecule has 0 aliphatic carbocycles. The Labute approximate surface area is 227 Å². The number of methoxy groups -OCH3 is 1. The van der Waals surface area contributed by atoms with Crippen molar-refractivity contribution in [2.45, 2.75) is 6.18 Å². The molecule has 0 aromatic heterocycles. The zero-order valence-corrected chi connectivity index (χ0v) is 21.1. The van der Waals surface area contributed by atoms with Crippen molar-refractivity contribution in [3.05, 3.63) is 114 Å². The monoisotopic (exact) mass is 548 g/mol. The van der Waals surface area contributed by atoms with E-state index in [1.165, 1.54) is 49.6 Å². The van der Waals surface area contributed by atoms with Crippen molar-refractivity contribution in [2.75, 3.05) is 24.4 Å². The molecule has 0 heterocycles. The number of benzene rings is 4. The summed E-state index contributed by atoms with van der Waals surface area (Å²) in [5.41, 5.74) is 1.27. The lowest BCUT2D eigenvalue weighted by Crippen LogP contribution is -2.21. The van der Waals surface area contributed by atoms with E-state index in [9.17, 15) is 27.6 Å². The van der Waals surface area contributed by atoms with Crippen LogP contribution in [0.4, 0.5) is 24.5 Å². The maximum atomic E-state index is 12.9. The highest BCUT2D eigenvalue weighted by atomic mass is 19.4. The Morgan fingerprint density at radius 2 is 1.43 bits per heavy atom. The number of halogens is 3. The second-order valence-electron chi connectivity index (χ2n) is 8.48. The third kappa shape index (κ3) is 6.84. The van der Waals surface area contributed by atoms with Gasteiger partial charge in [-0.1, -0.05) is 42.5 Å². The maximum Gasteiger partial charge on any atom is 0.416 e. The van der Waals surface area contributed by atoms with Crippen molar-refractivity contribution in [3.63, 3.8) is 0 Å². The highest BCUT2D eigenvalue weighted by molar-refractivity contribution is 6.05. The van der Waals surface area contributed by atoms with Gasteiger partial charge in [-0.2, -0.15) is 13.2 Å². The minimum Gasteiger partial charge on any atom is -0.495 e. The van der Waals surface area contributed by atoms with Crippen LogP contribution in [0.3, 0.4) is 0 Å². The first-order chi connectivity index (χ1) is 19.2.